The second-order valence-electron chi connectivity index (χ2n) is 2.73. The van der Waals surface area contributed by atoms with Gasteiger partial charge in [-0.25, -0.2) is 4.79 Å². The summed E-state index contributed by atoms with van der Waals surface area (Å²) in [6.45, 7) is -0.337. The number of rotatable bonds is 4. The summed E-state index contributed by atoms with van der Waals surface area (Å²) in [5, 5.41) is 16.8. The van der Waals surface area contributed by atoms with Gasteiger partial charge in [-0.05, 0) is 17.7 Å². The Labute approximate surface area is 83.7 Å². The van der Waals surface area contributed by atoms with Crippen molar-refractivity contribution < 1.29 is 28.5 Å². The molecule has 0 aliphatic heterocycles. The quantitative estimate of drug-likeness (QED) is 0.797. The van der Waals surface area contributed by atoms with Crippen LogP contribution < -0.4 is 4.74 Å². The van der Waals surface area contributed by atoms with Crippen molar-refractivity contribution in [1.29, 1.82) is 0 Å². The molecule has 82 valence electrons. The van der Waals surface area contributed by atoms with Gasteiger partial charge >= 0.3 is 12.1 Å². The molecule has 4 nitrogen and oxygen atoms in total. The lowest BCUT2D eigenvalue weighted by molar-refractivity contribution is -0.210. The zero-order chi connectivity index (χ0) is 11.5. The lowest BCUT2D eigenvalue weighted by Crippen LogP contribution is -2.34. The molecule has 1 aromatic carbocycles. The highest BCUT2D eigenvalue weighted by Crippen LogP contribution is 2.22. The molecule has 0 atom stereocenters. The zero-order valence-electron chi connectivity index (χ0n) is 7.48. The minimum absolute atomic E-state index is 0.311. The molecule has 0 aliphatic rings. The third-order valence-electron chi connectivity index (χ3n) is 1.58. The van der Waals surface area contributed by atoms with Crippen molar-refractivity contribution in [2.45, 2.75) is 12.7 Å². The average Bonchev–Trinajstić information content (AvgIpc) is 2.17. The molecule has 0 fully saturated rings. The molecule has 0 radical (unpaired) electrons. The maximum Gasteiger partial charge on any atom is 0.501 e. The summed E-state index contributed by atoms with van der Waals surface area (Å²) in [5.74, 6) is -2.68. The van der Waals surface area contributed by atoms with Gasteiger partial charge in [0.2, 0.25) is 0 Å². The van der Waals surface area contributed by atoms with Crippen LogP contribution in [0.3, 0.4) is 0 Å². The van der Waals surface area contributed by atoms with Gasteiger partial charge in [-0.1, -0.05) is 12.1 Å². The van der Waals surface area contributed by atoms with Crippen LogP contribution in [0.2, 0.25) is 0 Å². The number of carbonyl (C=O) groups is 1. The van der Waals surface area contributed by atoms with Crippen LogP contribution >= 0.6 is 0 Å². The molecular weight excluding hydrogens is 210 g/mol. The number of benzene rings is 1. The number of carboxylic acid groups (broad SMARTS) is 1. The predicted molar refractivity (Wildman–Crippen MR) is 45.6 cm³/mol. The fourth-order valence-electron chi connectivity index (χ4n) is 0.899. The van der Waals surface area contributed by atoms with E-state index in [1.807, 2.05) is 0 Å². The Kier molecular flexibility index (Phi) is 3.21. The topological polar surface area (TPSA) is 66.8 Å². The van der Waals surface area contributed by atoms with Crippen molar-refractivity contribution in [2.24, 2.45) is 0 Å². The number of aliphatic carboxylic acids is 1. The van der Waals surface area contributed by atoms with Crippen molar-refractivity contribution in [3.63, 3.8) is 0 Å². The molecule has 15 heavy (non-hydrogen) atoms. The van der Waals surface area contributed by atoms with Gasteiger partial charge in [-0.2, -0.15) is 8.78 Å². The maximum atomic E-state index is 12.6. The van der Waals surface area contributed by atoms with E-state index in [4.69, 9.17) is 10.2 Å². The van der Waals surface area contributed by atoms with Crippen LogP contribution in [0.1, 0.15) is 5.56 Å². The van der Waals surface area contributed by atoms with E-state index in [2.05, 4.69) is 4.74 Å². The Bertz CT molecular complexity index is 365. The molecule has 6 heteroatoms. The van der Waals surface area contributed by atoms with Gasteiger partial charge in [0.25, 0.3) is 0 Å². The first-order valence-corrected chi connectivity index (χ1v) is 3.96. The van der Waals surface area contributed by atoms with Crippen molar-refractivity contribution in [3.8, 4) is 5.75 Å². The number of ether oxygens (including phenoxy) is 1. The van der Waals surface area contributed by atoms with Gasteiger partial charge in [0.1, 0.15) is 5.75 Å². The van der Waals surface area contributed by atoms with Gasteiger partial charge in [0.05, 0.1) is 6.61 Å². The fourth-order valence-corrected chi connectivity index (χ4v) is 0.899. The largest absolute Gasteiger partial charge is 0.501 e. The van der Waals surface area contributed by atoms with Crippen LogP contribution in [-0.2, 0) is 11.4 Å². The summed E-state index contributed by atoms with van der Waals surface area (Å²) in [6, 6.07) is 5.18. The molecule has 2 N–H and O–H groups in total. The molecule has 1 rings (SSSR count). The van der Waals surface area contributed by atoms with Crippen molar-refractivity contribution in [1.82, 2.24) is 0 Å². The van der Waals surface area contributed by atoms with E-state index in [9.17, 15) is 13.6 Å². The molecule has 0 bridgehead atoms. The van der Waals surface area contributed by atoms with E-state index in [0.717, 1.165) is 6.07 Å². The average molecular weight is 218 g/mol. The van der Waals surface area contributed by atoms with E-state index in [1.54, 1.807) is 0 Å². The molecule has 0 saturated carbocycles. The minimum Gasteiger partial charge on any atom is -0.474 e. The highest BCUT2D eigenvalue weighted by molar-refractivity contribution is 5.73. The molecule has 0 saturated heterocycles. The molecule has 0 heterocycles. The number of aliphatic hydroxyl groups is 1. The van der Waals surface area contributed by atoms with Gasteiger partial charge in [-0.15, -0.1) is 0 Å². The highest BCUT2D eigenvalue weighted by atomic mass is 19.3. The van der Waals surface area contributed by atoms with Crippen molar-refractivity contribution in [2.75, 3.05) is 0 Å². The number of alkyl halides is 2. The molecule has 1 aromatic rings. The van der Waals surface area contributed by atoms with Gasteiger partial charge < -0.3 is 14.9 Å². The van der Waals surface area contributed by atoms with Crippen molar-refractivity contribution in [3.05, 3.63) is 29.8 Å². The van der Waals surface area contributed by atoms with Crippen LogP contribution in [0.4, 0.5) is 8.78 Å². The summed E-state index contributed by atoms with van der Waals surface area (Å²) in [7, 11) is 0. The number of halogens is 2. The summed E-state index contributed by atoms with van der Waals surface area (Å²) >= 11 is 0. The standard InChI is InChI=1S/C9H8F2O4/c10-9(11,8(13)14)15-7-3-1-2-6(4-7)5-12/h1-4,12H,5H2,(H,13,14). The monoisotopic (exact) mass is 218 g/mol. The van der Waals surface area contributed by atoms with Gasteiger partial charge in [0.15, 0.2) is 0 Å². The number of aliphatic hydroxyl groups excluding tert-OH is 1. The van der Waals surface area contributed by atoms with Crippen LogP contribution in [0, 0.1) is 0 Å². The normalized spacial score (nSPS) is 11.1. The van der Waals surface area contributed by atoms with E-state index < -0.39 is 12.1 Å². The first kappa shape index (κ1) is 11.4. The Balaban J connectivity index is 2.85. The third kappa shape index (κ3) is 2.88. The first-order chi connectivity index (χ1) is 6.95. The third-order valence-corrected chi connectivity index (χ3v) is 1.58. The SMILES string of the molecule is O=C(O)C(F)(F)Oc1cccc(CO)c1. The van der Waals surface area contributed by atoms with Gasteiger partial charge in [0, 0.05) is 0 Å². The molecule has 0 aromatic heterocycles. The zero-order valence-corrected chi connectivity index (χ0v) is 7.48. The number of hydrogen-bond acceptors (Lipinski definition) is 3. The predicted octanol–water partition coefficient (Wildman–Crippen LogP) is 1.24. The lowest BCUT2D eigenvalue weighted by Gasteiger charge is -2.13. The smallest absolute Gasteiger partial charge is 0.474 e. The fraction of sp³-hybridized carbons (Fsp3) is 0.222. The summed E-state index contributed by atoms with van der Waals surface area (Å²) in [6.07, 6.45) is -4.27. The summed E-state index contributed by atoms with van der Waals surface area (Å²) in [5.41, 5.74) is 0.355. The van der Waals surface area contributed by atoms with Crippen LogP contribution in [0.15, 0.2) is 24.3 Å². The van der Waals surface area contributed by atoms with E-state index in [1.165, 1.54) is 18.2 Å². The molecule has 0 aliphatic carbocycles. The second-order valence-corrected chi connectivity index (χ2v) is 2.73. The van der Waals surface area contributed by atoms with E-state index in [0.29, 0.717) is 5.56 Å². The highest BCUT2D eigenvalue weighted by Gasteiger charge is 2.42. The second kappa shape index (κ2) is 4.22. The molecule has 0 amide bonds. The summed E-state index contributed by atoms with van der Waals surface area (Å²) in [4.78, 5) is 10.1. The maximum absolute atomic E-state index is 12.6. The first-order valence-electron chi connectivity index (χ1n) is 3.96. The number of hydrogen-bond donors (Lipinski definition) is 2. The Morgan fingerprint density at radius 1 is 1.47 bits per heavy atom. The number of carboxylic acids is 1. The van der Waals surface area contributed by atoms with E-state index in [-0.39, 0.29) is 12.4 Å². The van der Waals surface area contributed by atoms with E-state index >= 15 is 0 Å². The van der Waals surface area contributed by atoms with Crippen LogP contribution in [0.25, 0.3) is 0 Å². The molecule has 0 unspecified atom stereocenters. The Hall–Kier alpha value is -1.69. The van der Waals surface area contributed by atoms with Crippen LogP contribution in [-0.4, -0.2) is 22.3 Å². The molecular formula is C9H8F2O4. The van der Waals surface area contributed by atoms with Crippen molar-refractivity contribution >= 4 is 5.97 Å². The minimum atomic E-state index is -4.27. The Morgan fingerprint density at radius 3 is 2.67 bits per heavy atom. The summed E-state index contributed by atoms with van der Waals surface area (Å²) < 4.78 is 29.1. The van der Waals surface area contributed by atoms with Gasteiger partial charge in [-0.3, -0.25) is 0 Å². The van der Waals surface area contributed by atoms with Crippen LogP contribution in [0.5, 0.6) is 5.75 Å². The molecule has 0 spiro atoms. The lowest BCUT2D eigenvalue weighted by atomic mass is 10.2. The Morgan fingerprint density at radius 2 is 2.13 bits per heavy atom.